The Balaban J connectivity index is 1.26. The largest absolute Gasteiger partial charge is 0.360 e. The number of benzene rings is 1. The third kappa shape index (κ3) is 2.97. The van der Waals surface area contributed by atoms with Crippen LogP contribution in [-0.4, -0.2) is 41.8 Å². The molecule has 0 saturated carbocycles. The van der Waals surface area contributed by atoms with Crippen LogP contribution >= 0.6 is 0 Å². The van der Waals surface area contributed by atoms with Gasteiger partial charge in [-0.1, -0.05) is 47.6 Å². The van der Waals surface area contributed by atoms with Crippen molar-refractivity contribution in [2.24, 2.45) is 11.8 Å². The molecule has 1 aromatic carbocycles. The lowest BCUT2D eigenvalue weighted by atomic mass is 9.77. The van der Waals surface area contributed by atoms with E-state index in [4.69, 9.17) is 9.26 Å². The molecule has 2 unspecified atom stereocenters. The second-order valence-corrected chi connectivity index (χ2v) is 8.00. The normalized spacial score (nSPS) is 29.5. The van der Waals surface area contributed by atoms with Crippen molar-refractivity contribution in [1.29, 1.82) is 0 Å². The number of fused-ring (bicyclic) bond motifs is 1. The first kappa shape index (κ1) is 18.1. The summed E-state index contributed by atoms with van der Waals surface area (Å²) >= 11 is 0. The number of carbonyl (C=O) groups excluding carboxylic acids is 2. The van der Waals surface area contributed by atoms with Crippen LogP contribution in [-0.2, 0) is 20.7 Å². The number of amides is 2. The zero-order valence-corrected chi connectivity index (χ0v) is 16.2. The molecule has 2 saturated heterocycles. The van der Waals surface area contributed by atoms with E-state index in [1.807, 2.05) is 30.4 Å². The van der Waals surface area contributed by atoms with Gasteiger partial charge in [0.2, 0.25) is 11.8 Å². The van der Waals surface area contributed by atoms with Gasteiger partial charge in [-0.05, 0) is 25.3 Å². The smallest absolute Gasteiger partial charge is 0.235 e. The van der Waals surface area contributed by atoms with Gasteiger partial charge < -0.3 is 14.6 Å². The molecular weight excluding hydrogens is 370 g/mol. The molecule has 4 heterocycles. The van der Waals surface area contributed by atoms with Gasteiger partial charge in [0, 0.05) is 12.6 Å². The summed E-state index contributed by atoms with van der Waals surface area (Å²) in [6.07, 6.45) is 5.25. The van der Waals surface area contributed by atoms with Crippen LogP contribution in [0.3, 0.4) is 0 Å². The second kappa shape index (κ2) is 6.84. The molecule has 3 aliphatic rings. The van der Waals surface area contributed by atoms with E-state index in [1.54, 1.807) is 17.9 Å². The fraction of sp³-hybridized carbons (Fsp3) is 0.409. The summed E-state index contributed by atoms with van der Waals surface area (Å²) in [6, 6.07) is 11.9. The van der Waals surface area contributed by atoms with E-state index in [1.165, 1.54) is 5.56 Å². The molecule has 4 atom stereocenters. The van der Waals surface area contributed by atoms with Crippen molar-refractivity contribution in [1.82, 2.24) is 10.5 Å². The standard InChI is InChI=1S/C22H23N3O4/c1-14-12-17(24-29-14)25-13-22-10-9-16(28-22)18(19(22)21(25)27)20(26)23-11-5-8-15-6-3-2-4-7-15/h2-4,6-7,9-10,12,16,18-19H,5,8,11,13H2,1H3,(H,23,26)/t16-,18?,19?,22-/m0/s1. The first-order valence-corrected chi connectivity index (χ1v) is 10.0. The van der Waals surface area contributed by atoms with Gasteiger partial charge in [0.15, 0.2) is 5.82 Å². The second-order valence-electron chi connectivity index (χ2n) is 8.00. The number of nitrogens with zero attached hydrogens (tertiary/aromatic N) is 2. The third-order valence-electron chi connectivity index (χ3n) is 6.08. The first-order chi connectivity index (χ1) is 14.1. The van der Waals surface area contributed by atoms with Crippen molar-refractivity contribution < 1.29 is 18.8 Å². The molecule has 1 spiro atoms. The summed E-state index contributed by atoms with van der Waals surface area (Å²) in [5.41, 5.74) is 0.497. The molecule has 5 rings (SSSR count). The Morgan fingerprint density at radius 1 is 1.34 bits per heavy atom. The van der Waals surface area contributed by atoms with Gasteiger partial charge in [0.05, 0.1) is 24.5 Å². The van der Waals surface area contributed by atoms with E-state index < -0.39 is 17.4 Å². The average molecular weight is 393 g/mol. The summed E-state index contributed by atoms with van der Waals surface area (Å²) in [4.78, 5) is 27.7. The van der Waals surface area contributed by atoms with Crippen LogP contribution in [0, 0.1) is 18.8 Å². The molecule has 2 fully saturated rings. The maximum atomic E-state index is 13.2. The number of rotatable bonds is 6. The number of anilines is 1. The number of nitrogens with one attached hydrogen (secondary N) is 1. The van der Waals surface area contributed by atoms with Crippen LogP contribution in [0.25, 0.3) is 0 Å². The minimum atomic E-state index is -0.749. The molecule has 1 aromatic heterocycles. The topological polar surface area (TPSA) is 84.7 Å². The molecule has 150 valence electrons. The van der Waals surface area contributed by atoms with E-state index in [2.05, 4.69) is 22.6 Å². The van der Waals surface area contributed by atoms with Crippen LogP contribution in [0.15, 0.2) is 53.1 Å². The highest BCUT2D eigenvalue weighted by Gasteiger charge is 2.67. The van der Waals surface area contributed by atoms with Gasteiger partial charge in [-0.15, -0.1) is 0 Å². The molecule has 2 aromatic rings. The van der Waals surface area contributed by atoms with Gasteiger partial charge in [-0.2, -0.15) is 0 Å². The summed E-state index contributed by atoms with van der Waals surface area (Å²) in [5.74, 6) is -0.180. The molecule has 1 N–H and O–H groups in total. The van der Waals surface area contributed by atoms with E-state index in [9.17, 15) is 9.59 Å². The third-order valence-corrected chi connectivity index (χ3v) is 6.08. The van der Waals surface area contributed by atoms with E-state index >= 15 is 0 Å². The lowest BCUT2D eigenvalue weighted by Gasteiger charge is -2.23. The Labute approximate surface area is 168 Å². The number of hydrogen-bond donors (Lipinski definition) is 1. The minimum absolute atomic E-state index is 0.120. The Morgan fingerprint density at radius 3 is 2.93 bits per heavy atom. The Morgan fingerprint density at radius 2 is 2.17 bits per heavy atom. The Kier molecular flexibility index (Phi) is 4.28. The minimum Gasteiger partial charge on any atom is -0.360 e. The molecule has 29 heavy (non-hydrogen) atoms. The molecule has 2 amide bonds. The van der Waals surface area contributed by atoms with Crippen LogP contribution in [0.1, 0.15) is 17.7 Å². The molecule has 7 heteroatoms. The molecule has 0 aliphatic carbocycles. The van der Waals surface area contributed by atoms with Crippen molar-refractivity contribution in [3.8, 4) is 0 Å². The first-order valence-electron chi connectivity index (χ1n) is 10.0. The van der Waals surface area contributed by atoms with Gasteiger partial charge in [-0.25, -0.2) is 0 Å². The molecular formula is C22H23N3O4. The highest BCUT2D eigenvalue weighted by molar-refractivity contribution is 6.02. The lowest BCUT2D eigenvalue weighted by molar-refractivity contribution is -0.131. The number of hydrogen-bond acceptors (Lipinski definition) is 5. The average Bonchev–Trinajstić information content (AvgIpc) is 3.47. The summed E-state index contributed by atoms with van der Waals surface area (Å²) in [6.45, 7) is 2.71. The van der Waals surface area contributed by atoms with E-state index in [0.717, 1.165) is 12.8 Å². The van der Waals surface area contributed by atoms with Gasteiger partial charge in [0.1, 0.15) is 11.4 Å². The van der Waals surface area contributed by atoms with E-state index in [0.29, 0.717) is 24.7 Å². The number of carbonyl (C=O) groups is 2. The molecule has 7 nitrogen and oxygen atoms in total. The summed E-state index contributed by atoms with van der Waals surface area (Å²) in [7, 11) is 0. The van der Waals surface area contributed by atoms with Crippen molar-refractivity contribution >= 4 is 17.6 Å². The Hall–Kier alpha value is -2.93. The van der Waals surface area contributed by atoms with Gasteiger partial charge >= 0.3 is 0 Å². The number of aromatic nitrogens is 1. The van der Waals surface area contributed by atoms with Crippen LogP contribution in [0.4, 0.5) is 5.82 Å². The monoisotopic (exact) mass is 393 g/mol. The van der Waals surface area contributed by atoms with Crippen molar-refractivity contribution in [3.63, 3.8) is 0 Å². The van der Waals surface area contributed by atoms with Crippen molar-refractivity contribution in [2.45, 2.75) is 31.5 Å². The lowest BCUT2D eigenvalue weighted by Crippen LogP contribution is -2.44. The van der Waals surface area contributed by atoms with E-state index in [-0.39, 0.29) is 17.9 Å². The van der Waals surface area contributed by atoms with Crippen LogP contribution in [0.5, 0.6) is 0 Å². The molecule has 0 radical (unpaired) electrons. The highest BCUT2D eigenvalue weighted by atomic mass is 16.5. The van der Waals surface area contributed by atoms with Crippen LogP contribution in [0.2, 0.25) is 0 Å². The fourth-order valence-corrected chi connectivity index (χ4v) is 4.74. The number of ether oxygens (including phenoxy) is 1. The zero-order valence-electron chi connectivity index (χ0n) is 16.2. The fourth-order valence-electron chi connectivity index (χ4n) is 4.74. The summed E-state index contributed by atoms with van der Waals surface area (Å²) in [5, 5.41) is 6.97. The zero-order chi connectivity index (χ0) is 20.0. The predicted octanol–water partition coefficient (Wildman–Crippen LogP) is 2.02. The Bertz CT molecular complexity index is 969. The van der Waals surface area contributed by atoms with Crippen molar-refractivity contribution in [2.75, 3.05) is 18.0 Å². The van der Waals surface area contributed by atoms with Gasteiger partial charge in [-0.3, -0.25) is 14.5 Å². The maximum absolute atomic E-state index is 13.2. The predicted molar refractivity (Wildman–Crippen MR) is 105 cm³/mol. The molecule has 2 bridgehead atoms. The SMILES string of the molecule is Cc1cc(N2C[C@]34C=C[C@H](O3)C(C(=O)NCCCc3ccccc3)C4C2=O)no1. The quantitative estimate of drug-likeness (QED) is 0.600. The maximum Gasteiger partial charge on any atom is 0.235 e. The van der Waals surface area contributed by atoms with Crippen molar-refractivity contribution in [3.05, 3.63) is 59.9 Å². The molecule has 3 aliphatic heterocycles. The number of aryl methyl sites for hydroxylation is 2. The highest BCUT2D eigenvalue weighted by Crippen LogP contribution is 2.52. The van der Waals surface area contributed by atoms with Crippen LogP contribution < -0.4 is 10.2 Å². The summed E-state index contributed by atoms with van der Waals surface area (Å²) < 4.78 is 11.2. The van der Waals surface area contributed by atoms with Gasteiger partial charge in [0.25, 0.3) is 0 Å².